The summed E-state index contributed by atoms with van der Waals surface area (Å²) in [7, 11) is 0. The highest BCUT2D eigenvalue weighted by atomic mass is 32.2. The van der Waals surface area contributed by atoms with Gasteiger partial charge in [0.25, 0.3) is 11.8 Å². The Morgan fingerprint density at radius 2 is 1.49 bits per heavy atom. The summed E-state index contributed by atoms with van der Waals surface area (Å²) in [5, 5.41) is 7.44. The predicted molar refractivity (Wildman–Crippen MR) is 166 cm³/mol. The zero-order chi connectivity index (χ0) is 30.0. The predicted octanol–water partition coefficient (Wildman–Crippen LogP) is 7.30. The molecule has 1 aromatic heterocycles. The van der Waals surface area contributed by atoms with Crippen LogP contribution in [0, 0.1) is 5.82 Å². The van der Waals surface area contributed by atoms with E-state index in [-0.39, 0.29) is 11.4 Å². The number of halogens is 1. The molecule has 0 bridgehead atoms. The first-order chi connectivity index (χ1) is 21.0. The molecule has 0 aliphatic rings. The van der Waals surface area contributed by atoms with E-state index in [2.05, 4.69) is 16.0 Å². The van der Waals surface area contributed by atoms with E-state index in [0.717, 1.165) is 5.56 Å². The number of thioether (sulfide) groups is 1. The Morgan fingerprint density at radius 1 is 0.767 bits per heavy atom. The van der Waals surface area contributed by atoms with Gasteiger partial charge in [0.2, 0.25) is 5.91 Å². The summed E-state index contributed by atoms with van der Waals surface area (Å²) in [4.78, 5) is 40.2. The average Bonchev–Trinajstić information content (AvgIpc) is 3.55. The molecule has 1 unspecified atom stereocenters. The summed E-state index contributed by atoms with van der Waals surface area (Å²) in [6.07, 6.45) is 2.90. The van der Waals surface area contributed by atoms with Gasteiger partial charge in [0, 0.05) is 22.2 Å². The molecule has 0 saturated carbocycles. The first-order valence-electron chi connectivity index (χ1n) is 13.3. The van der Waals surface area contributed by atoms with E-state index in [1.807, 2.05) is 36.4 Å². The van der Waals surface area contributed by atoms with Gasteiger partial charge in [-0.15, -0.1) is 11.8 Å². The minimum absolute atomic E-state index is 0.0201. The third-order valence-electron chi connectivity index (χ3n) is 6.18. The second-order valence-electron chi connectivity index (χ2n) is 9.25. The number of carbonyl (C=O) groups excluding carboxylic acids is 3. The highest BCUT2D eigenvalue weighted by Crippen LogP contribution is 2.37. The molecule has 3 N–H and O–H groups in total. The first-order valence-corrected chi connectivity index (χ1v) is 14.1. The Labute approximate surface area is 251 Å². The molecule has 5 rings (SSSR count). The molecule has 0 fully saturated rings. The van der Waals surface area contributed by atoms with Gasteiger partial charge < -0.3 is 20.4 Å². The highest BCUT2D eigenvalue weighted by molar-refractivity contribution is 8.00. The third kappa shape index (κ3) is 7.87. The molecule has 0 aliphatic carbocycles. The normalized spacial score (nSPS) is 11.8. The molecule has 1 heterocycles. The Morgan fingerprint density at radius 3 is 2.21 bits per heavy atom. The fourth-order valence-electron chi connectivity index (χ4n) is 4.10. The van der Waals surface area contributed by atoms with E-state index in [4.69, 9.17) is 4.42 Å². The number of para-hydroxylation sites is 1. The lowest BCUT2D eigenvalue weighted by Gasteiger charge is -2.18. The van der Waals surface area contributed by atoms with E-state index < -0.39 is 28.8 Å². The molecular weight excluding hydrogens is 565 g/mol. The van der Waals surface area contributed by atoms with Gasteiger partial charge in [0.1, 0.15) is 22.5 Å². The van der Waals surface area contributed by atoms with Crippen LogP contribution in [0.25, 0.3) is 6.08 Å². The van der Waals surface area contributed by atoms with E-state index in [0.29, 0.717) is 21.9 Å². The van der Waals surface area contributed by atoms with Crippen molar-refractivity contribution in [1.82, 2.24) is 5.32 Å². The van der Waals surface area contributed by atoms with Crippen LogP contribution in [0.4, 0.5) is 15.8 Å². The van der Waals surface area contributed by atoms with E-state index in [1.54, 1.807) is 72.8 Å². The third-order valence-corrected chi connectivity index (χ3v) is 7.42. The number of anilines is 2. The van der Waals surface area contributed by atoms with Crippen molar-refractivity contribution in [1.29, 1.82) is 0 Å². The van der Waals surface area contributed by atoms with E-state index >= 15 is 0 Å². The Kier molecular flexibility index (Phi) is 9.46. The summed E-state index contributed by atoms with van der Waals surface area (Å²) in [6, 6.07) is 34.0. The van der Waals surface area contributed by atoms with Gasteiger partial charge in [0.05, 0.1) is 12.0 Å². The van der Waals surface area contributed by atoms with Crippen LogP contribution in [0.15, 0.2) is 143 Å². The standard InChI is InChI=1S/C34H26FN3O4S/c35-28-18-7-8-19-29(28)37-34(41)31(23-11-3-1-4-12-23)43-27-17-9-15-25(21-27)36-33(40)30(22-26-16-10-20-42-26)38-32(39)24-13-5-2-6-14-24/h1-22,31H,(H,36,40)(H,37,41)(H,38,39)/b30-22-. The van der Waals surface area contributed by atoms with Gasteiger partial charge in [-0.3, -0.25) is 14.4 Å². The van der Waals surface area contributed by atoms with Crippen molar-refractivity contribution in [3.8, 4) is 0 Å². The van der Waals surface area contributed by atoms with Crippen LogP contribution in [-0.4, -0.2) is 17.7 Å². The summed E-state index contributed by atoms with van der Waals surface area (Å²) in [5.41, 5.74) is 1.62. The van der Waals surface area contributed by atoms with Gasteiger partial charge in [-0.25, -0.2) is 4.39 Å². The van der Waals surface area contributed by atoms with Crippen molar-refractivity contribution in [3.63, 3.8) is 0 Å². The maximum absolute atomic E-state index is 14.3. The van der Waals surface area contributed by atoms with Crippen LogP contribution in [0.5, 0.6) is 0 Å². The minimum atomic E-state index is -0.716. The molecule has 3 amide bonds. The van der Waals surface area contributed by atoms with Crippen molar-refractivity contribution in [2.45, 2.75) is 10.1 Å². The molecule has 1 atom stereocenters. The molecule has 43 heavy (non-hydrogen) atoms. The average molecular weight is 592 g/mol. The van der Waals surface area contributed by atoms with Crippen LogP contribution in [0.3, 0.4) is 0 Å². The minimum Gasteiger partial charge on any atom is -0.465 e. The maximum atomic E-state index is 14.3. The van der Waals surface area contributed by atoms with Crippen molar-refractivity contribution < 1.29 is 23.2 Å². The van der Waals surface area contributed by atoms with Gasteiger partial charge >= 0.3 is 0 Å². The maximum Gasteiger partial charge on any atom is 0.272 e. The Bertz CT molecular complexity index is 1740. The van der Waals surface area contributed by atoms with Gasteiger partial charge in [-0.1, -0.05) is 66.7 Å². The van der Waals surface area contributed by atoms with Crippen LogP contribution in [0.2, 0.25) is 0 Å². The lowest BCUT2D eigenvalue weighted by molar-refractivity contribution is -0.116. The van der Waals surface area contributed by atoms with E-state index in [1.165, 1.54) is 36.2 Å². The van der Waals surface area contributed by atoms with Gasteiger partial charge in [-0.05, 0) is 60.2 Å². The van der Waals surface area contributed by atoms with Crippen LogP contribution in [-0.2, 0) is 9.59 Å². The summed E-state index contributed by atoms with van der Waals surface area (Å²) in [5.74, 6) is -1.57. The Balaban J connectivity index is 1.36. The molecular formula is C34H26FN3O4S. The monoisotopic (exact) mass is 591 g/mol. The van der Waals surface area contributed by atoms with E-state index in [9.17, 15) is 18.8 Å². The molecule has 0 saturated heterocycles. The first kappa shape index (κ1) is 29.1. The van der Waals surface area contributed by atoms with Crippen molar-refractivity contribution in [3.05, 3.63) is 156 Å². The quantitative estimate of drug-likeness (QED) is 0.117. The molecule has 4 aromatic carbocycles. The number of nitrogens with one attached hydrogen (secondary N) is 3. The molecule has 0 radical (unpaired) electrons. The molecule has 0 aliphatic heterocycles. The SMILES string of the molecule is O=C(Nc1cccc(SC(C(=O)Nc2ccccc2F)c2ccccc2)c1)/C(=C/c1ccco1)NC(=O)c1ccccc1. The Hall–Kier alpha value is -5.41. The number of carbonyl (C=O) groups is 3. The number of hydrogen-bond donors (Lipinski definition) is 3. The van der Waals surface area contributed by atoms with Crippen LogP contribution in [0.1, 0.15) is 26.9 Å². The van der Waals surface area contributed by atoms with Crippen molar-refractivity contribution in [2.24, 2.45) is 0 Å². The number of amides is 3. The summed E-state index contributed by atoms with van der Waals surface area (Å²) in [6.45, 7) is 0. The zero-order valence-electron chi connectivity index (χ0n) is 22.7. The van der Waals surface area contributed by atoms with Gasteiger partial charge in [-0.2, -0.15) is 0 Å². The number of furan rings is 1. The number of benzene rings is 4. The molecule has 9 heteroatoms. The fraction of sp³-hybridized carbons (Fsp3) is 0.0294. The fourth-order valence-corrected chi connectivity index (χ4v) is 5.18. The zero-order valence-corrected chi connectivity index (χ0v) is 23.5. The molecule has 5 aromatic rings. The number of rotatable bonds is 10. The highest BCUT2D eigenvalue weighted by Gasteiger charge is 2.23. The van der Waals surface area contributed by atoms with Crippen LogP contribution >= 0.6 is 11.8 Å². The molecule has 214 valence electrons. The smallest absolute Gasteiger partial charge is 0.272 e. The second-order valence-corrected chi connectivity index (χ2v) is 10.4. The second kappa shape index (κ2) is 14.0. The van der Waals surface area contributed by atoms with Crippen LogP contribution < -0.4 is 16.0 Å². The lowest BCUT2D eigenvalue weighted by atomic mass is 10.1. The summed E-state index contributed by atoms with van der Waals surface area (Å²) >= 11 is 1.25. The topological polar surface area (TPSA) is 100 Å². The molecule has 7 nitrogen and oxygen atoms in total. The van der Waals surface area contributed by atoms with Gasteiger partial charge in [0.15, 0.2) is 0 Å². The number of hydrogen-bond acceptors (Lipinski definition) is 5. The van der Waals surface area contributed by atoms with Crippen molar-refractivity contribution >= 4 is 46.9 Å². The van der Waals surface area contributed by atoms with Crippen molar-refractivity contribution in [2.75, 3.05) is 10.6 Å². The largest absolute Gasteiger partial charge is 0.465 e. The summed E-state index contributed by atoms with van der Waals surface area (Å²) < 4.78 is 19.6. The lowest BCUT2D eigenvalue weighted by Crippen LogP contribution is -2.30. The molecule has 0 spiro atoms.